The molecular weight excluding hydrogens is 252 g/mol. The van der Waals surface area contributed by atoms with Crippen LogP contribution in [0.5, 0.6) is 0 Å². The molecule has 74 valence electrons. The van der Waals surface area contributed by atoms with Crippen molar-refractivity contribution < 1.29 is 4.74 Å². The molecule has 0 radical (unpaired) electrons. The van der Waals surface area contributed by atoms with E-state index in [4.69, 9.17) is 10.6 Å². The number of nitrogens with one attached hydrogen (secondary N) is 1. The molecule has 1 heterocycles. The van der Waals surface area contributed by atoms with Crippen molar-refractivity contribution in [3.05, 3.63) is 20.8 Å². The van der Waals surface area contributed by atoms with Crippen LogP contribution in [0.15, 0.2) is 15.2 Å². The average molecular weight is 265 g/mol. The van der Waals surface area contributed by atoms with E-state index < -0.39 is 0 Å². The first-order valence-electron chi connectivity index (χ1n) is 4.05. The van der Waals surface area contributed by atoms with Crippen molar-refractivity contribution in [2.45, 2.75) is 13.0 Å². The molecule has 1 aromatic rings. The molecule has 1 unspecified atom stereocenters. The van der Waals surface area contributed by atoms with Crippen molar-refractivity contribution in [3.63, 3.8) is 0 Å². The average Bonchev–Trinajstić information content (AvgIpc) is 2.54. The Labute approximate surface area is 90.4 Å². The molecule has 0 amide bonds. The van der Waals surface area contributed by atoms with Crippen molar-refractivity contribution in [1.29, 1.82) is 0 Å². The molecule has 3 N–H and O–H groups in total. The summed E-state index contributed by atoms with van der Waals surface area (Å²) in [7, 11) is 0. The first-order valence-corrected chi connectivity index (χ1v) is 5.73. The fourth-order valence-corrected chi connectivity index (χ4v) is 2.21. The number of halogens is 1. The Morgan fingerprint density at radius 3 is 3.00 bits per heavy atom. The summed E-state index contributed by atoms with van der Waals surface area (Å²) in [5.74, 6) is 5.41. The van der Waals surface area contributed by atoms with Gasteiger partial charge in [-0.15, -0.1) is 11.3 Å². The largest absolute Gasteiger partial charge is 0.380 e. The lowest BCUT2D eigenvalue weighted by molar-refractivity contribution is 0.123. The second-order valence-corrected chi connectivity index (χ2v) is 4.85. The summed E-state index contributed by atoms with van der Waals surface area (Å²) in [4.78, 5) is 0. The molecule has 1 rings (SSSR count). The Hall–Kier alpha value is 0.0600. The van der Waals surface area contributed by atoms with E-state index in [1.165, 1.54) is 0 Å². The van der Waals surface area contributed by atoms with Gasteiger partial charge in [-0.25, -0.2) is 0 Å². The maximum atomic E-state index is 5.41. The first kappa shape index (κ1) is 11.1. The third-order valence-corrected chi connectivity index (χ3v) is 3.20. The number of hydrazine groups is 1. The number of hydrogen-bond donors (Lipinski definition) is 2. The van der Waals surface area contributed by atoms with Crippen LogP contribution in [0.4, 0.5) is 0 Å². The van der Waals surface area contributed by atoms with Crippen molar-refractivity contribution >= 4 is 27.3 Å². The van der Waals surface area contributed by atoms with Crippen LogP contribution in [0, 0.1) is 0 Å². The molecule has 0 aliphatic rings. The van der Waals surface area contributed by atoms with E-state index in [1.54, 1.807) is 11.3 Å². The summed E-state index contributed by atoms with van der Waals surface area (Å²) in [6, 6.07) is 2.14. The minimum Gasteiger partial charge on any atom is -0.380 e. The fraction of sp³-hybridized carbons (Fsp3) is 0.500. The van der Waals surface area contributed by atoms with Gasteiger partial charge in [0, 0.05) is 6.61 Å². The highest BCUT2D eigenvalue weighted by atomic mass is 79.9. The number of rotatable bonds is 5. The highest BCUT2D eigenvalue weighted by Gasteiger charge is 2.10. The fourth-order valence-electron chi connectivity index (χ4n) is 0.982. The molecule has 0 bridgehead atoms. The second kappa shape index (κ2) is 5.72. The maximum absolute atomic E-state index is 5.41. The maximum Gasteiger partial charge on any atom is 0.0702 e. The van der Waals surface area contributed by atoms with Gasteiger partial charge in [-0.1, -0.05) is 0 Å². The summed E-state index contributed by atoms with van der Waals surface area (Å²) in [6.45, 7) is 3.29. The highest BCUT2D eigenvalue weighted by molar-refractivity contribution is 9.11. The van der Waals surface area contributed by atoms with Crippen molar-refractivity contribution in [1.82, 2.24) is 5.43 Å². The topological polar surface area (TPSA) is 47.3 Å². The van der Waals surface area contributed by atoms with E-state index in [1.807, 2.05) is 13.0 Å². The van der Waals surface area contributed by atoms with Crippen LogP contribution in [-0.2, 0) is 4.74 Å². The summed E-state index contributed by atoms with van der Waals surface area (Å²) in [6.07, 6.45) is 0. The van der Waals surface area contributed by atoms with Gasteiger partial charge in [0.1, 0.15) is 0 Å². The zero-order valence-corrected chi connectivity index (χ0v) is 9.82. The van der Waals surface area contributed by atoms with E-state index in [2.05, 4.69) is 26.7 Å². The van der Waals surface area contributed by atoms with Crippen LogP contribution in [0.3, 0.4) is 0 Å². The Morgan fingerprint density at radius 1 is 1.77 bits per heavy atom. The Morgan fingerprint density at radius 2 is 2.54 bits per heavy atom. The Balaban J connectivity index is 2.56. The molecule has 0 saturated heterocycles. The SMILES string of the molecule is CCOCC(NN)c1csc(Br)c1. The third-order valence-electron chi connectivity index (χ3n) is 1.68. The molecule has 0 aliphatic carbocycles. The van der Waals surface area contributed by atoms with E-state index in [0.717, 1.165) is 9.35 Å². The molecule has 1 atom stereocenters. The van der Waals surface area contributed by atoms with Gasteiger partial charge in [0.15, 0.2) is 0 Å². The number of nitrogens with two attached hydrogens (primary N) is 1. The van der Waals surface area contributed by atoms with Gasteiger partial charge in [-0.3, -0.25) is 11.3 Å². The van der Waals surface area contributed by atoms with Gasteiger partial charge < -0.3 is 4.74 Å². The van der Waals surface area contributed by atoms with Gasteiger partial charge >= 0.3 is 0 Å². The van der Waals surface area contributed by atoms with Crippen molar-refractivity contribution in [3.8, 4) is 0 Å². The van der Waals surface area contributed by atoms with Gasteiger partial charge in [0.05, 0.1) is 16.4 Å². The van der Waals surface area contributed by atoms with E-state index in [-0.39, 0.29) is 6.04 Å². The second-order valence-electron chi connectivity index (χ2n) is 2.56. The van der Waals surface area contributed by atoms with Crippen LogP contribution in [0.2, 0.25) is 0 Å². The van der Waals surface area contributed by atoms with Crippen LogP contribution in [-0.4, -0.2) is 13.2 Å². The van der Waals surface area contributed by atoms with Crippen LogP contribution in [0.25, 0.3) is 0 Å². The standard InChI is InChI=1S/C8H13BrN2OS/c1-2-12-4-7(11-10)6-3-8(9)13-5-6/h3,5,7,11H,2,4,10H2,1H3. The molecule has 5 heteroatoms. The highest BCUT2D eigenvalue weighted by Crippen LogP contribution is 2.25. The Bertz CT molecular complexity index is 254. The molecule has 1 aromatic heterocycles. The van der Waals surface area contributed by atoms with E-state index in [0.29, 0.717) is 13.2 Å². The summed E-state index contributed by atoms with van der Waals surface area (Å²) in [5, 5.41) is 2.06. The minimum atomic E-state index is 0.0856. The van der Waals surface area contributed by atoms with Crippen LogP contribution in [0.1, 0.15) is 18.5 Å². The lowest BCUT2D eigenvalue weighted by Gasteiger charge is -2.13. The molecule has 0 spiro atoms. The third kappa shape index (κ3) is 3.36. The van der Waals surface area contributed by atoms with Gasteiger partial charge in [0.2, 0.25) is 0 Å². The number of thiophene rings is 1. The molecule has 0 aliphatic heterocycles. The lowest BCUT2D eigenvalue weighted by Crippen LogP contribution is -2.31. The Kier molecular flexibility index (Phi) is 4.90. The van der Waals surface area contributed by atoms with E-state index >= 15 is 0 Å². The molecule has 0 aromatic carbocycles. The quantitative estimate of drug-likeness (QED) is 0.632. The molecule has 0 fully saturated rings. The van der Waals surface area contributed by atoms with E-state index in [9.17, 15) is 0 Å². The van der Waals surface area contributed by atoms with Gasteiger partial charge in [-0.2, -0.15) is 0 Å². The zero-order chi connectivity index (χ0) is 9.68. The van der Waals surface area contributed by atoms with Crippen molar-refractivity contribution in [2.24, 2.45) is 5.84 Å². The summed E-state index contributed by atoms with van der Waals surface area (Å²) >= 11 is 5.05. The first-order chi connectivity index (χ1) is 6.27. The molecule has 3 nitrogen and oxygen atoms in total. The monoisotopic (exact) mass is 264 g/mol. The number of hydrogen-bond acceptors (Lipinski definition) is 4. The van der Waals surface area contributed by atoms with Gasteiger partial charge in [-0.05, 0) is 39.9 Å². The lowest BCUT2D eigenvalue weighted by atomic mass is 10.2. The molecule has 13 heavy (non-hydrogen) atoms. The van der Waals surface area contributed by atoms with Crippen LogP contribution >= 0.6 is 27.3 Å². The van der Waals surface area contributed by atoms with Crippen molar-refractivity contribution in [2.75, 3.05) is 13.2 Å². The van der Waals surface area contributed by atoms with Crippen LogP contribution < -0.4 is 11.3 Å². The predicted molar refractivity (Wildman–Crippen MR) is 58.6 cm³/mol. The predicted octanol–water partition coefficient (Wildman–Crippen LogP) is 2.05. The minimum absolute atomic E-state index is 0.0856. The number of ether oxygens (including phenoxy) is 1. The zero-order valence-electron chi connectivity index (χ0n) is 7.42. The van der Waals surface area contributed by atoms with Gasteiger partial charge in [0.25, 0.3) is 0 Å². The molecule has 0 saturated carbocycles. The molecular formula is C8H13BrN2OS. The summed E-state index contributed by atoms with van der Waals surface area (Å²) < 4.78 is 6.41. The normalized spacial score (nSPS) is 13.2. The summed E-state index contributed by atoms with van der Waals surface area (Å²) in [5.41, 5.74) is 3.89. The smallest absolute Gasteiger partial charge is 0.0702 e.